The normalized spacial score (nSPS) is 21.6. The van der Waals surface area contributed by atoms with Gasteiger partial charge in [0.2, 0.25) is 0 Å². The molecule has 0 radical (unpaired) electrons. The fourth-order valence-electron chi connectivity index (χ4n) is 2.19. The molecule has 1 aromatic rings. The van der Waals surface area contributed by atoms with Crippen molar-refractivity contribution in [2.75, 3.05) is 13.2 Å². The van der Waals surface area contributed by atoms with Gasteiger partial charge in [0.25, 0.3) is 0 Å². The molecule has 16 heavy (non-hydrogen) atoms. The van der Waals surface area contributed by atoms with E-state index in [1.807, 2.05) is 12.1 Å². The van der Waals surface area contributed by atoms with Gasteiger partial charge in [-0.2, -0.15) is 0 Å². The molecule has 0 aliphatic carbocycles. The van der Waals surface area contributed by atoms with Crippen molar-refractivity contribution in [3.8, 4) is 0 Å². The molecule has 0 saturated carbocycles. The Labute approximate surface area is 106 Å². The summed E-state index contributed by atoms with van der Waals surface area (Å²) >= 11 is 12.1. The molecule has 1 heterocycles. The summed E-state index contributed by atoms with van der Waals surface area (Å²) < 4.78 is 0. The minimum absolute atomic E-state index is 0.220. The first-order valence-electron chi connectivity index (χ1n) is 5.49. The molecule has 0 bridgehead atoms. The van der Waals surface area contributed by atoms with Gasteiger partial charge in [0.15, 0.2) is 0 Å². The van der Waals surface area contributed by atoms with E-state index in [-0.39, 0.29) is 12.6 Å². The lowest BCUT2D eigenvalue weighted by molar-refractivity contribution is 0.153. The van der Waals surface area contributed by atoms with Crippen LogP contribution in [0.4, 0.5) is 0 Å². The standard InChI is InChI=1S/C12H15Cl2NO/c13-10-3-4-12(14)9(6-10)7-15-5-1-2-11(15)8-16/h3-4,6,11,16H,1-2,5,7-8H2. The molecule has 1 aliphatic rings. The van der Waals surface area contributed by atoms with Crippen LogP contribution in [-0.4, -0.2) is 29.2 Å². The Balaban J connectivity index is 2.11. The van der Waals surface area contributed by atoms with Gasteiger partial charge in [0.1, 0.15) is 0 Å². The van der Waals surface area contributed by atoms with Crippen LogP contribution in [0.15, 0.2) is 18.2 Å². The minimum atomic E-state index is 0.220. The van der Waals surface area contributed by atoms with Gasteiger partial charge in [-0.25, -0.2) is 0 Å². The molecule has 2 nitrogen and oxygen atoms in total. The second kappa shape index (κ2) is 5.37. The number of aliphatic hydroxyl groups is 1. The van der Waals surface area contributed by atoms with Crippen molar-refractivity contribution in [2.24, 2.45) is 0 Å². The van der Waals surface area contributed by atoms with Crippen molar-refractivity contribution in [3.05, 3.63) is 33.8 Å². The predicted octanol–water partition coefficient (Wildman–Crippen LogP) is 2.95. The lowest BCUT2D eigenvalue weighted by Crippen LogP contribution is -2.31. The number of hydrogen-bond donors (Lipinski definition) is 1. The number of nitrogens with zero attached hydrogens (tertiary/aromatic N) is 1. The highest BCUT2D eigenvalue weighted by Crippen LogP contribution is 2.25. The van der Waals surface area contributed by atoms with Crippen LogP contribution in [0.1, 0.15) is 18.4 Å². The van der Waals surface area contributed by atoms with Crippen molar-refractivity contribution in [2.45, 2.75) is 25.4 Å². The van der Waals surface area contributed by atoms with Gasteiger partial charge in [0.05, 0.1) is 6.61 Å². The highest BCUT2D eigenvalue weighted by atomic mass is 35.5. The van der Waals surface area contributed by atoms with Gasteiger partial charge in [-0.1, -0.05) is 23.2 Å². The van der Waals surface area contributed by atoms with Crippen LogP contribution >= 0.6 is 23.2 Å². The van der Waals surface area contributed by atoms with E-state index in [2.05, 4.69) is 4.90 Å². The SMILES string of the molecule is OCC1CCCN1Cc1cc(Cl)ccc1Cl. The lowest BCUT2D eigenvalue weighted by atomic mass is 10.2. The monoisotopic (exact) mass is 259 g/mol. The zero-order valence-electron chi connectivity index (χ0n) is 9.00. The Morgan fingerprint density at radius 3 is 2.94 bits per heavy atom. The van der Waals surface area contributed by atoms with E-state index in [1.165, 1.54) is 0 Å². The van der Waals surface area contributed by atoms with Crippen molar-refractivity contribution in [1.29, 1.82) is 0 Å². The second-order valence-corrected chi connectivity index (χ2v) is 5.03. The van der Waals surface area contributed by atoms with Crippen LogP contribution in [-0.2, 0) is 6.54 Å². The van der Waals surface area contributed by atoms with Crippen LogP contribution in [0.3, 0.4) is 0 Å². The zero-order valence-corrected chi connectivity index (χ0v) is 10.5. The number of likely N-dealkylation sites (tertiary alicyclic amines) is 1. The third-order valence-electron chi connectivity index (χ3n) is 3.09. The highest BCUT2D eigenvalue weighted by molar-refractivity contribution is 6.33. The van der Waals surface area contributed by atoms with E-state index in [9.17, 15) is 5.11 Å². The van der Waals surface area contributed by atoms with Crippen molar-refractivity contribution >= 4 is 23.2 Å². The molecule has 1 atom stereocenters. The van der Waals surface area contributed by atoms with Crippen molar-refractivity contribution < 1.29 is 5.11 Å². The smallest absolute Gasteiger partial charge is 0.0587 e. The number of benzene rings is 1. The van der Waals surface area contributed by atoms with Gasteiger partial charge in [-0.15, -0.1) is 0 Å². The van der Waals surface area contributed by atoms with E-state index < -0.39 is 0 Å². The van der Waals surface area contributed by atoms with Crippen molar-refractivity contribution in [1.82, 2.24) is 4.90 Å². The number of rotatable bonds is 3. The van der Waals surface area contributed by atoms with E-state index in [0.717, 1.165) is 36.5 Å². The van der Waals surface area contributed by atoms with Gasteiger partial charge in [-0.05, 0) is 43.1 Å². The largest absolute Gasteiger partial charge is 0.395 e. The average Bonchev–Trinajstić information content (AvgIpc) is 2.71. The quantitative estimate of drug-likeness (QED) is 0.903. The molecule has 4 heteroatoms. The Kier molecular flexibility index (Phi) is 4.09. The van der Waals surface area contributed by atoms with Crippen LogP contribution in [0.25, 0.3) is 0 Å². The van der Waals surface area contributed by atoms with Gasteiger partial charge in [0, 0.05) is 22.6 Å². The topological polar surface area (TPSA) is 23.5 Å². The molecule has 1 unspecified atom stereocenters. The van der Waals surface area contributed by atoms with E-state index in [0.29, 0.717) is 5.02 Å². The van der Waals surface area contributed by atoms with Gasteiger partial charge < -0.3 is 5.11 Å². The molecule has 1 fully saturated rings. The van der Waals surface area contributed by atoms with E-state index in [1.54, 1.807) is 6.07 Å². The summed E-state index contributed by atoms with van der Waals surface area (Å²) in [7, 11) is 0. The molecular formula is C12H15Cl2NO. The molecule has 2 rings (SSSR count). The first-order chi connectivity index (χ1) is 7.70. The van der Waals surface area contributed by atoms with Crippen molar-refractivity contribution in [3.63, 3.8) is 0 Å². The number of hydrogen-bond acceptors (Lipinski definition) is 2. The molecular weight excluding hydrogens is 245 g/mol. The summed E-state index contributed by atoms with van der Waals surface area (Å²) in [5.74, 6) is 0. The Bertz CT molecular complexity index is 370. The van der Waals surface area contributed by atoms with Crippen LogP contribution < -0.4 is 0 Å². The molecule has 1 aliphatic heterocycles. The third kappa shape index (κ3) is 2.69. The summed E-state index contributed by atoms with van der Waals surface area (Å²) in [6, 6.07) is 5.79. The maximum absolute atomic E-state index is 9.24. The predicted molar refractivity (Wildman–Crippen MR) is 67.0 cm³/mol. The number of aliphatic hydroxyl groups excluding tert-OH is 1. The van der Waals surface area contributed by atoms with Crippen LogP contribution in [0.2, 0.25) is 10.0 Å². The van der Waals surface area contributed by atoms with E-state index >= 15 is 0 Å². The van der Waals surface area contributed by atoms with E-state index in [4.69, 9.17) is 23.2 Å². The summed E-state index contributed by atoms with van der Waals surface area (Å²) in [4.78, 5) is 2.26. The fourth-order valence-corrected chi connectivity index (χ4v) is 2.57. The maximum atomic E-state index is 9.24. The highest BCUT2D eigenvalue weighted by Gasteiger charge is 2.24. The molecule has 1 saturated heterocycles. The summed E-state index contributed by atoms with van der Waals surface area (Å²) in [5, 5.41) is 10.7. The summed E-state index contributed by atoms with van der Waals surface area (Å²) in [6.45, 7) is 2.01. The average molecular weight is 260 g/mol. The fraction of sp³-hybridized carbons (Fsp3) is 0.500. The molecule has 0 aromatic heterocycles. The first-order valence-corrected chi connectivity index (χ1v) is 6.25. The first kappa shape index (κ1) is 12.2. The number of halogens is 2. The molecule has 0 amide bonds. The molecule has 0 spiro atoms. The molecule has 88 valence electrons. The third-order valence-corrected chi connectivity index (χ3v) is 3.69. The van der Waals surface area contributed by atoms with Crippen LogP contribution in [0, 0.1) is 0 Å². The zero-order chi connectivity index (χ0) is 11.5. The second-order valence-electron chi connectivity index (χ2n) is 4.18. The summed E-state index contributed by atoms with van der Waals surface area (Å²) in [6.07, 6.45) is 2.21. The molecule has 1 N–H and O–H groups in total. The van der Waals surface area contributed by atoms with Gasteiger partial charge in [-0.3, -0.25) is 4.90 Å². The lowest BCUT2D eigenvalue weighted by Gasteiger charge is -2.23. The molecule has 1 aromatic carbocycles. The minimum Gasteiger partial charge on any atom is -0.395 e. The Morgan fingerprint density at radius 2 is 2.19 bits per heavy atom. The maximum Gasteiger partial charge on any atom is 0.0587 e. The Morgan fingerprint density at radius 1 is 1.38 bits per heavy atom. The van der Waals surface area contributed by atoms with Gasteiger partial charge >= 0.3 is 0 Å². The Hall–Kier alpha value is -0.280. The van der Waals surface area contributed by atoms with Crippen LogP contribution in [0.5, 0.6) is 0 Å². The summed E-state index contributed by atoms with van der Waals surface area (Å²) in [5.41, 5.74) is 1.04.